The van der Waals surface area contributed by atoms with E-state index in [1.165, 1.54) is 0 Å². The predicted molar refractivity (Wildman–Crippen MR) is 87.4 cm³/mol. The van der Waals surface area contributed by atoms with Gasteiger partial charge in [-0.25, -0.2) is 4.98 Å². The molecule has 6 nitrogen and oxygen atoms in total. The molecule has 0 atom stereocenters. The minimum absolute atomic E-state index is 0.242. The van der Waals surface area contributed by atoms with Crippen LogP contribution in [0.1, 0.15) is 12.5 Å². The summed E-state index contributed by atoms with van der Waals surface area (Å²) < 4.78 is 6.46. The number of hydrogen-bond donors (Lipinski definition) is 2. The quantitative estimate of drug-likeness (QED) is 0.767. The molecule has 0 spiro atoms. The topological polar surface area (TPSA) is 96.8 Å². The molecular formula is C15H13N5OS. The molecule has 3 N–H and O–H groups in total. The van der Waals surface area contributed by atoms with E-state index >= 15 is 0 Å². The van der Waals surface area contributed by atoms with Gasteiger partial charge in [-0.3, -0.25) is 0 Å². The van der Waals surface area contributed by atoms with Gasteiger partial charge in [0.25, 0.3) is 0 Å². The first kappa shape index (κ1) is 14.1. The van der Waals surface area contributed by atoms with Crippen molar-refractivity contribution in [3.63, 3.8) is 0 Å². The molecule has 0 bridgehead atoms. The highest BCUT2D eigenvalue weighted by Crippen LogP contribution is 2.28. The summed E-state index contributed by atoms with van der Waals surface area (Å²) in [7, 11) is 0. The van der Waals surface area contributed by atoms with Gasteiger partial charge in [-0.05, 0) is 25.1 Å². The van der Waals surface area contributed by atoms with Crippen molar-refractivity contribution < 1.29 is 4.74 Å². The van der Waals surface area contributed by atoms with E-state index in [2.05, 4.69) is 15.3 Å². The number of anilines is 3. The smallest absolute Gasteiger partial charge is 0.235 e. The fraction of sp³-hybridized carbons (Fsp3) is 0.133. The van der Waals surface area contributed by atoms with Crippen LogP contribution in [0.3, 0.4) is 0 Å². The molecule has 3 rings (SSSR count). The second-order valence-electron chi connectivity index (χ2n) is 4.48. The van der Waals surface area contributed by atoms with Crippen molar-refractivity contribution in [1.29, 1.82) is 5.26 Å². The summed E-state index contributed by atoms with van der Waals surface area (Å²) in [5.74, 6) is 0.773. The maximum atomic E-state index is 9.13. The van der Waals surface area contributed by atoms with E-state index in [4.69, 9.17) is 15.7 Å². The van der Waals surface area contributed by atoms with Gasteiger partial charge >= 0.3 is 0 Å². The molecule has 2 aromatic heterocycles. The van der Waals surface area contributed by atoms with Crippen LogP contribution < -0.4 is 15.8 Å². The van der Waals surface area contributed by atoms with Crippen molar-refractivity contribution in [3.05, 3.63) is 35.3 Å². The van der Waals surface area contributed by atoms with Crippen LogP contribution in [0.5, 0.6) is 5.88 Å². The normalized spacial score (nSPS) is 10.4. The zero-order chi connectivity index (χ0) is 15.5. The number of nitrogens with one attached hydrogen (secondary N) is 1. The van der Waals surface area contributed by atoms with E-state index in [1.54, 1.807) is 22.9 Å². The number of nitrogens with zero attached hydrogens (tertiary/aromatic N) is 3. The highest BCUT2D eigenvalue weighted by atomic mass is 32.1. The van der Waals surface area contributed by atoms with Crippen LogP contribution >= 0.6 is 11.3 Å². The van der Waals surface area contributed by atoms with Crippen molar-refractivity contribution >= 4 is 38.7 Å². The van der Waals surface area contributed by atoms with Crippen LogP contribution in [0, 0.1) is 11.3 Å². The molecule has 0 aliphatic heterocycles. The Morgan fingerprint density at radius 3 is 3.05 bits per heavy atom. The van der Waals surface area contributed by atoms with Gasteiger partial charge in [0.2, 0.25) is 5.88 Å². The second-order valence-corrected chi connectivity index (χ2v) is 5.37. The molecule has 0 amide bonds. The monoisotopic (exact) mass is 311 g/mol. The average Bonchev–Trinajstić information content (AvgIpc) is 2.95. The molecule has 7 heteroatoms. The largest absolute Gasteiger partial charge is 0.477 e. The Balaban J connectivity index is 1.96. The van der Waals surface area contributed by atoms with Crippen LogP contribution in [0.4, 0.5) is 17.2 Å². The summed E-state index contributed by atoms with van der Waals surface area (Å²) in [5.41, 5.74) is 10.1. The minimum Gasteiger partial charge on any atom is -0.477 e. The van der Waals surface area contributed by atoms with Gasteiger partial charge in [0.05, 0.1) is 28.0 Å². The van der Waals surface area contributed by atoms with Crippen molar-refractivity contribution in [2.75, 3.05) is 17.7 Å². The van der Waals surface area contributed by atoms with Gasteiger partial charge in [-0.2, -0.15) is 10.2 Å². The molecule has 110 valence electrons. The van der Waals surface area contributed by atoms with Crippen LogP contribution in [-0.2, 0) is 0 Å². The van der Waals surface area contributed by atoms with Crippen LogP contribution in [0.2, 0.25) is 0 Å². The van der Waals surface area contributed by atoms with Crippen molar-refractivity contribution in [1.82, 2.24) is 9.97 Å². The van der Waals surface area contributed by atoms with E-state index in [1.807, 2.05) is 31.2 Å². The number of pyridine rings is 1. The van der Waals surface area contributed by atoms with Gasteiger partial charge in [0.1, 0.15) is 17.5 Å². The van der Waals surface area contributed by atoms with Crippen molar-refractivity contribution in [3.8, 4) is 11.9 Å². The first-order valence-electron chi connectivity index (χ1n) is 6.65. The summed E-state index contributed by atoms with van der Waals surface area (Å²) in [4.78, 5) is 8.55. The summed E-state index contributed by atoms with van der Waals surface area (Å²) in [5, 5.41) is 12.3. The minimum atomic E-state index is 0.242. The lowest BCUT2D eigenvalue weighted by Gasteiger charge is -2.11. The molecule has 0 unspecified atom stereocenters. The van der Waals surface area contributed by atoms with Crippen LogP contribution in [0.25, 0.3) is 10.2 Å². The Morgan fingerprint density at radius 1 is 1.41 bits per heavy atom. The number of hydrogen-bond acceptors (Lipinski definition) is 7. The Labute approximate surface area is 131 Å². The lowest BCUT2D eigenvalue weighted by atomic mass is 10.2. The molecule has 2 heterocycles. The predicted octanol–water partition coefficient (Wildman–Crippen LogP) is 3.29. The third kappa shape index (κ3) is 2.64. The first-order valence-corrected chi connectivity index (χ1v) is 7.53. The molecule has 3 aromatic rings. The van der Waals surface area contributed by atoms with E-state index in [9.17, 15) is 0 Å². The number of nitrogen functional groups attached to an aromatic ring is 1. The first-order chi connectivity index (χ1) is 10.7. The van der Waals surface area contributed by atoms with Crippen LogP contribution in [-0.4, -0.2) is 16.6 Å². The average molecular weight is 311 g/mol. The fourth-order valence-electron chi connectivity index (χ4n) is 2.04. The summed E-state index contributed by atoms with van der Waals surface area (Å²) in [6.45, 7) is 2.24. The number of nitrogens with two attached hydrogens (primary N) is 1. The van der Waals surface area contributed by atoms with Gasteiger partial charge in [-0.1, -0.05) is 0 Å². The standard InChI is InChI=1S/C15H13N5OS/c1-2-21-15-10(7-16)11(17)6-14(20-15)19-9-3-4-12-13(5-9)22-8-18-12/h3-6,8H,2H2,1H3,(H3,17,19,20). The number of rotatable bonds is 4. The molecular weight excluding hydrogens is 298 g/mol. The zero-order valence-corrected chi connectivity index (χ0v) is 12.6. The van der Waals surface area contributed by atoms with E-state index in [-0.39, 0.29) is 11.4 Å². The maximum Gasteiger partial charge on any atom is 0.235 e. The van der Waals surface area contributed by atoms with E-state index < -0.39 is 0 Å². The number of thiazole rings is 1. The number of aromatic nitrogens is 2. The van der Waals surface area contributed by atoms with Gasteiger partial charge in [-0.15, -0.1) is 11.3 Å². The van der Waals surface area contributed by atoms with Gasteiger partial charge in [0, 0.05) is 11.8 Å². The number of ether oxygens (including phenoxy) is 1. The second kappa shape index (κ2) is 5.87. The third-order valence-electron chi connectivity index (χ3n) is 3.01. The van der Waals surface area contributed by atoms with Gasteiger partial charge in [0.15, 0.2) is 0 Å². The van der Waals surface area contributed by atoms with E-state index in [0.29, 0.717) is 18.1 Å². The Hall–Kier alpha value is -2.85. The molecule has 0 aliphatic carbocycles. The number of fused-ring (bicyclic) bond motifs is 1. The molecule has 22 heavy (non-hydrogen) atoms. The van der Waals surface area contributed by atoms with E-state index in [0.717, 1.165) is 15.9 Å². The number of nitriles is 1. The van der Waals surface area contributed by atoms with Crippen molar-refractivity contribution in [2.24, 2.45) is 0 Å². The summed E-state index contributed by atoms with van der Waals surface area (Å²) >= 11 is 1.57. The third-order valence-corrected chi connectivity index (χ3v) is 3.81. The fourth-order valence-corrected chi connectivity index (χ4v) is 2.76. The molecule has 0 fully saturated rings. The zero-order valence-electron chi connectivity index (χ0n) is 11.8. The molecule has 1 aromatic carbocycles. The Morgan fingerprint density at radius 2 is 2.27 bits per heavy atom. The molecule has 0 saturated heterocycles. The molecule has 0 saturated carbocycles. The summed E-state index contributed by atoms with van der Waals surface area (Å²) in [6.07, 6.45) is 0. The molecule has 0 radical (unpaired) electrons. The highest BCUT2D eigenvalue weighted by molar-refractivity contribution is 7.16. The SMILES string of the molecule is CCOc1nc(Nc2ccc3ncsc3c2)cc(N)c1C#N. The lowest BCUT2D eigenvalue weighted by Crippen LogP contribution is -2.04. The number of benzene rings is 1. The Bertz CT molecular complexity index is 868. The molecule has 0 aliphatic rings. The highest BCUT2D eigenvalue weighted by Gasteiger charge is 2.12. The Kier molecular flexibility index (Phi) is 3.76. The lowest BCUT2D eigenvalue weighted by molar-refractivity contribution is 0.326. The summed E-state index contributed by atoms with van der Waals surface area (Å²) in [6, 6.07) is 9.48. The van der Waals surface area contributed by atoms with Crippen LogP contribution in [0.15, 0.2) is 29.8 Å². The van der Waals surface area contributed by atoms with Crippen molar-refractivity contribution in [2.45, 2.75) is 6.92 Å². The van der Waals surface area contributed by atoms with Gasteiger partial charge < -0.3 is 15.8 Å². The maximum absolute atomic E-state index is 9.13.